The molecule has 3 aromatic rings. The first-order chi connectivity index (χ1) is 15.7. The van der Waals surface area contributed by atoms with E-state index in [4.69, 9.17) is 26.8 Å². The topological polar surface area (TPSA) is 81.8 Å². The van der Waals surface area contributed by atoms with Crippen molar-refractivity contribution in [2.75, 3.05) is 6.61 Å². The van der Waals surface area contributed by atoms with Gasteiger partial charge in [-0.1, -0.05) is 66.2 Å². The Balaban J connectivity index is 1.76. The Morgan fingerprint density at radius 1 is 1.06 bits per heavy atom. The van der Waals surface area contributed by atoms with Gasteiger partial charge in [0.1, 0.15) is 18.0 Å². The van der Waals surface area contributed by atoms with Crippen LogP contribution in [0.4, 0.5) is 0 Å². The number of carbonyl (C=O) groups excluding carboxylic acids is 1. The molecule has 174 valence electrons. The molecule has 6 heteroatoms. The third kappa shape index (κ3) is 6.81. The van der Waals surface area contributed by atoms with Gasteiger partial charge in [-0.15, -0.1) is 0 Å². The molecule has 1 atom stereocenters. The summed E-state index contributed by atoms with van der Waals surface area (Å²) in [5, 5.41) is 9.93. The van der Waals surface area contributed by atoms with Crippen molar-refractivity contribution in [1.29, 1.82) is 0 Å². The van der Waals surface area contributed by atoms with E-state index in [1.165, 1.54) is 0 Å². The van der Waals surface area contributed by atoms with Gasteiger partial charge >= 0.3 is 5.97 Å². The van der Waals surface area contributed by atoms with Gasteiger partial charge in [0.25, 0.3) is 0 Å². The third-order valence-corrected chi connectivity index (χ3v) is 5.41. The second-order valence-corrected chi connectivity index (χ2v) is 9.24. The predicted octanol–water partition coefficient (Wildman–Crippen LogP) is 5.46. The Morgan fingerprint density at radius 2 is 1.79 bits per heavy atom. The zero-order valence-corrected chi connectivity index (χ0v) is 19.9. The summed E-state index contributed by atoms with van der Waals surface area (Å²) in [6, 6.07) is 20.4. The molecule has 3 aromatic carbocycles. The maximum Gasteiger partial charge on any atom is 0.310 e. The quantitative estimate of drug-likeness (QED) is 0.430. The zero-order valence-electron chi connectivity index (χ0n) is 19.2. The Morgan fingerprint density at radius 3 is 2.52 bits per heavy atom. The van der Waals surface area contributed by atoms with Gasteiger partial charge in [0, 0.05) is 11.1 Å². The fraction of sp³-hybridized carbons (Fsp3) is 0.296. The Labute approximate surface area is 200 Å². The van der Waals surface area contributed by atoms with E-state index in [9.17, 15) is 9.90 Å². The number of nitrogens with two attached hydrogens (primary N) is 1. The molecule has 1 unspecified atom stereocenters. The molecule has 3 N–H and O–H groups in total. The number of para-hydroxylation sites is 1. The van der Waals surface area contributed by atoms with Crippen LogP contribution in [0.2, 0.25) is 5.02 Å². The van der Waals surface area contributed by atoms with E-state index in [1.54, 1.807) is 0 Å². The van der Waals surface area contributed by atoms with Gasteiger partial charge in [-0.2, -0.15) is 0 Å². The molecule has 0 amide bonds. The lowest BCUT2D eigenvalue weighted by molar-refractivity contribution is -0.153. The largest absolute Gasteiger partial charge is 0.489 e. The van der Waals surface area contributed by atoms with Crippen LogP contribution in [-0.4, -0.2) is 23.3 Å². The first kappa shape index (κ1) is 24.8. The highest BCUT2D eigenvalue weighted by atomic mass is 35.5. The molecule has 0 aliphatic rings. The highest BCUT2D eigenvalue weighted by Gasteiger charge is 2.18. The Kier molecular flexibility index (Phi) is 8.14. The van der Waals surface area contributed by atoms with E-state index < -0.39 is 11.6 Å². The highest BCUT2D eigenvalue weighted by Crippen LogP contribution is 2.33. The van der Waals surface area contributed by atoms with Crippen molar-refractivity contribution in [3.63, 3.8) is 0 Å². The number of aliphatic hydroxyl groups excluding tert-OH is 1. The fourth-order valence-corrected chi connectivity index (χ4v) is 3.85. The summed E-state index contributed by atoms with van der Waals surface area (Å²) in [7, 11) is 0. The first-order valence-electron chi connectivity index (χ1n) is 10.8. The number of hydrogen-bond acceptors (Lipinski definition) is 5. The Bertz CT molecular complexity index is 1110. The number of hydrogen-bond donors (Lipinski definition) is 2. The van der Waals surface area contributed by atoms with Crippen LogP contribution in [-0.2, 0) is 22.6 Å². The second kappa shape index (κ2) is 10.8. The Hall–Kier alpha value is -2.86. The van der Waals surface area contributed by atoms with Crippen LogP contribution in [0.15, 0.2) is 66.7 Å². The van der Waals surface area contributed by atoms with Gasteiger partial charge < -0.3 is 20.3 Å². The summed E-state index contributed by atoms with van der Waals surface area (Å²) < 4.78 is 11.5. The molecule has 0 radical (unpaired) electrons. The van der Waals surface area contributed by atoms with Crippen LogP contribution in [0.5, 0.6) is 5.75 Å². The van der Waals surface area contributed by atoms with Crippen molar-refractivity contribution in [3.05, 3.63) is 88.4 Å². The normalized spacial score (nSPS) is 12.3. The van der Waals surface area contributed by atoms with E-state index in [0.717, 1.165) is 22.3 Å². The molecule has 0 fully saturated rings. The zero-order chi connectivity index (χ0) is 24.0. The van der Waals surface area contributed by atoms with E-state index in [0.29, 0.717) is 22.9 Å². The van der Waals surface area contributed by atoms with Crippen molar-refractivity contribution in [3.8, 4) is 16.9 Å². The number of ether oxygens (including phenoxy) is 2. The van der Waals surface area contributed by atoms with E-state index in [1.807, 2.05) is 87.5 Å². The number of esters is 1. The van der Waals surface area contributed by atoms with Gasteiger partial charge in [-0.3, -0.25) is 4.79 Å². The highest BCUT2D eigenvalue weighted by molar-refractivity contribution is 6.34. The van der Waals surface area contributed by atoms with Crippen LogP contribution in [0, 0.1) is 0 Å². The standard InChI is InChI=1S/C27H30ClNO4/c1-27(2,3)33-25(31)15-20-9-4-5-13-24(20)32-17-18-8-6-10-19(14-18)21-11-7-12-22(26(21)28)23(29)16-30/h4-14,23,30H,15-17,29H2,1-3H3. The minimum Gasteiger partial charge on any atom is -0.489 e. The van der Waals surface area contributed by atoms with Crippen LogP contribution < -0.4 is 10.5 Å². The van der Waals surface area contributed by atoms with Gasteiger partial charge in [0.2, 0.25) is 0 Å². The summed E-state index contributed by atoms with van der Waals surface area (Å²) in [4.78, 5) is 12.3. The molecule has 0 bridgehead atoms. The van der Waals surface area contributed by atoms with Crippen molar-refractivity contribution < 1.29 is 19.4 Å². The maximum absolute atomic E-state index is 12.3. The molecule has 0 aliphatic carbocycles. The first-order valence-corrected chi connectivity index (χ1v) is 11.2. The predicted molar refractivity (Wildman–Crippen MR) is 131 cm³/mol. The number of carbonyl (C=O) groups is 1. The summed E-state index contributed by atoms with van der Waals surface area (Å²) >= 11 is 6.59. The number of aliphatic hydroxyl groups is 1. The molecule has 0 saturated heterocycles. The average Bonchev–Trinajstić information content (AvgIpc) is 2.77. The van der Waals surface area contributed by atoms with Crippen molar-refractivity contribution >= 4 is 17.6 Å². The smallest absolute Gasteiger partial charge is 0.310 e. The lowest BCUT2D eigenvalue weighted by atomic mass is 9.98. The van der Waals surface area contributed by atoms with Crippen LogP contribution in [0.3, 0.4) is 0 Å². The van der Waals surface area contributed by atoms with Crippen LogP contribution in [0.25, 0.3) is 11.1 Å². The lowest BCUT2D eigenvalue weighted by Crippen LogP contribution is -2.25. The molecule has 3 rings (SSSR count). The maximum atomic E-state index is 12.3. The van der Waals surface area contributed by atoms with Gasteiger partial charge in [-0.25, -0.2) is 0 Å². The second-order valence-electron chi connectivity index (χ2n) is 8.86. The lowest BCUT2D eigenvalue weighted by Gasteiger charge is -2.20. The van der Waals surface area contributed by atoms with Crippen LogP contribution in [0.1, 0.15) is 43.5 Å². The summed E-state index contributed by atoms with van der Waals surface area (Å²) in [5.41, 5.74) is 9.64. The molecule has 0 aliphatic heterocycles. The van der Waals surface area contributed by atoms with Gasteiger partial charge in [0.15, 0.2) is 0 Å². The molecule has 0 heterocycles. The monoisotopic (exact) mass is 467 g/mol. The third-order valence-electron chi connectivity index (χ3n) is 4.98. The van der Waals surface area contributed by atoms with Crippen molar-refractivity contribution in [1.82, 2.24) is 0 Å². The fourth-order valence-electron chi connectivity index (χ4n) is 3.47. The van der Waals surface area contributed by atoms with E-state index in [-0.39, 0.29) is 19.0 Å². The summed E-state index contributed by atoms with van der Waals surface area (Å²) in [6.07, 6.45) is 0.140. The average molecular weight is 468 g/mol. The number of halogens is 1. The minimum absolute atomic E-state index is 0.140. The molecule has 0 aromatic heterocycles. The van der Waals surface area contributed by atoms with Gasteiger partial charge in [-0.05, 0) is 49.6 Å². The SMILES string of the molecule is CC(C)(C)OC(=O)Cc1ccccc1OCc1cccc(-c2cccc(C(N)CO)c2Cl)c1. The van der Waals surface area contributed by atoms with E-state index in [2.05, 4.69) is 0 Å². The van der Waals surface area contributed by atoms with Crippen molar-refractivity contribution in [2.45, 2.75) is 45.4 Å². The number of benzene rings is 3. The molecular formula is C27H30ClNO4. The summed E-state index contributed by atoms with van der Waals surface area (Å²) in [5.74, 6) is 0.346. The van der Waals surface area contributed by atoms with Gasteiger partial charge in [0.05, 0.1) is 24.1 Å². The molecule has 33 heavy (non-hydrogen) atoms. The minimum atomic E-state index is -0.537. The van der Waals surface area contributed by atoms with Crippen molar-refractivity contribution in [2.24, 2.45) is 5.73 Å². The molecule has 5 nitrogen and oxygen atoms in total. The number of rotatable bonds is 8. The van der Waals surface area contributed by atoms with Crippen LogP contribution >= 0.6 is 11.6 Å². The molecular weight excluding hydrogens is 438 g/mol. The molecule has 0 spiro atoms. The summed E-state index contributed by atoms with van der Waals surface area (Å²) in [6.45, 7) is 5.69. The molecule has 0 saturated carbocycles. The van der Waals surface area contributed by atoms with E-state index >= 15 is 0 Å².